The Morgan fingerprint density at radius 3 is 2.23 bits per heavy atom. The summed E-state index contributed by atoms with van der Waals surface area (Å²) in [5.41, 5.74) is 3.30. The average Bonchev–Trinajstić information content (AvgIpc) is 3.02. The summed E-state index contributed by atoms with van der Waals surface area (Å²) >= 11 is 0. The van der Waals surface area contributed by atoms with Crippen LogP contribution in [0.5, 0.6) is 0 Å². The predicted octanol–water partition coefficient (Wildman–Crippen LogP) is 2.33. The zero-order chi connectivity index (χ0) is 26.4. The predicted molar refractivity (Wildman–Crippen MR) is 129 cm³/mol. The van der Waals surface area contributed by atoms with Gasteiger partial charge in [-0.25, -0.2) is 4.79 Å². The molecule has 3 N–H and O–H groups in total. The van der Waals surface area contributed by atoms with Crippen molar-refractivity contribution in [2.75, 3.05) is 6.54 Å². The van der Waals surface area contributed by atoms with Gasteiger partial charge in [-0.1, -0.05) is 12.1 Å². The summed E-state index contributed by atoms with van der Waals surface area (Å²) in [5, 5.41) is 12.2. The minimum atomic E-state index is -1.82. The highest BCUT2D eigenvalue weighted by molar-refractivity contribution is 6.23. The average molecular weight is 484 g/mol. The third-order valence-corrected chi connectivity index (χ3v) is 5.48. The van der Waals surface area contributed by atoms with Crippen LogP contribution in [0.15, 0.2) is 29.3 Å². The van der Waals surface area contributed by atoms with Gasteiger partial charge < -0.3 is 15.8 Å². The number of fused-ring (bicyclic) bond motifs is 1. The fourth-order valence-electron chi connectivity index (χ4n) is 3.85. The highest BCUT2D eigenvalue weighted by Gasteiger charge is 2.53. The molecule has 0 saturated carbocycles. The van der Waals surface area contributed by atoms with Crippen LogP contribution in [0, 0.1) is 11.3 Å². The minimum absolute atomic E-state index is 0.0119. The third-order valence-electron chi connectivity index (χ3n) is 5.48. The highest BCUT2D eigenvalue weighted by atomic mass is 16.6. The van der Waals surface area contributed by atoms with Gasteiger partial charge in [-0.3, -0.25) is 24.3 Å². The maximum Gasteiger partial charge on any atom is 0.328 e. The molecule has 10 heteroatoms. The van der Waals surface area contributed by atoms with Crippen LogP contribution >= 0.6 is 0 Å². The fraction of sp³-hybridized carbons (Fsp3) is 0.520. The van der Waals surface area contributed by atoms with Crippen LogP contribution in [-0.4, -0.2) is 58.2 Å². The number of aliphatic imine (C=N–C) groups is 1. The van der Waals surface area contributed by atoms with Gasteiger partial charge in [-0.15, -0.1) is 0 Å². The number of carbonyl (C=O) groups is 4. The van der Waals surface area contributed by atoms with Crippen molar-refractivity contribution in [2.45, 2.75) is 77.5 Å². The molecule has 3 amide bonds. The van der Waals surface area contributed by atoms with E-state index in [1.165, 1.54) is 19.1 Å². The first-order valence-electron chi connectivity index (χ1n) is 11.5. The topological polar surface area (TPSA) is 155 Å². The number of benzene rings is 1. The molecule has 1 heterocycles. The van der Waals surface area contributed by atoms with Crippen molar-refractivity contribution in [1.29, 1.82) is 5.26 Å². The lowest BCUT2D eigenvalue weighted by Gasteiger charge is -2.38. The number of nitrogens with two attached hydrogens (primary N) is 1. The van der Waals surface area contributed by atoms with E-state index in [1.807, 2.05) is 6.07 Å². The van der Waals surface area contributed by atoms with Gasteiger partial charge in [0.2, 0.25) is 5.91 Å². The number of hydrogen-bond acceptors (Lipinski definition) is 7. The number of unbranched alkanes of at least 4 members (excludes halogenated alkanes) is 1. The van der Waals surface area contributed by atoms with Crippen LogP contribution in [0.3, 0.4) is 0 Å². The lowest BCUT2D eigenvalue weighted by Crippen LogP contribution is -2.62. The molecule has 188 valence electrons. The normalized spacial score (nSPS) is 16.2. The Morgan fingerprint density at radius 1 is 1.17 bits per heavy atom. The molecule has 1 aromatic carbocycles. The lowest BCUT2D eigenvalue weighted by molar-refractivity contribution is -0.158. The van der Waals surface area contributed by atoms with Crippen molar-refractivity contribution in [2.24, 2.45) is 10.7 Å². The summed E-state index contributed by atoms with van der Waals surface area (Å²) in [6, 6.07) is 7.15. The third kappa shape index (κ3) is 6.44. The number of ether oxygens (including phenoxy) is 1. The number of amidine groups is 1. The van der Waals surface area contributed by atoms with Crippen molar-refractivity contribution in [3.63, 3.8) is 0 Å². The largest absolute Gasteiger partial charge is 0.458 e. The van der Waals surface area contributed by atoms with Gasteiger partial charge in [0.1, 0.15) is 17.2 Å². The number of nitrogens with one attached hydrogen (secondary N) is 1. The van der Waals surface area contributed by atoms with E-state index >= 15 is 0 Å². The van der Waals surface area contributed by atoms with Crippen LogP contribution in [0.25, 0.3) is 0 Å². The van der Waals surface area contributed by atoms with Crippen molar-refractivity contribution >= 4 is 29.5 Å². The number of carbonyl (C=O) groups excluding carboxylic acids is 4. The van der Waals surface area contributed by atoms with Crippen molar-refractivity contribution < 1.29 is 23.9 Å². The molecule has 0 saturated heterocycles. The molecule has 10 nitrogen and oxygen atoms in total. The van der Waals surface area contributed by atoms with Gasteiger partial charge in [0.15, 0.2) is 0 Å². The van der Waals surface area contributed by atoms with E-state index < -0.39 is 47.3 Å². The van der Waals surface area contributed by atoms with Crippen LogP contribution in [0.4, 0.5) is 0 Å². The maximum atomic E-state index is 13.7. The summed E-state index contributed by atoms with van der Waals surface area (Å²) in [4.78, 5) is 57.8. The molecule has 0 fully saturated rings. The number of rotatable bonds is 10. The SMILES string of the molecule is CC(N)=NCCCCC(CC#N)(C(=O)N[C@@H](C)C(=O)OC(C)(C)C)N1C(=O)c2ccccc2C1=O. The molecule has 0 spiro atoms. The standard InChI is InChI=1S/C25H33N5O5/c1-16(22(33)35-24(3,4)5)29-23(34)25(13-14-26,12-8-9-15-28-17(2)27)30-20(31)18-10-6-7-11-19(18)21(30)32/h6-7,10-11,16H,8-9,12-13,15H2,1-5H3,(H2,27,28)(H,29,34)/t16-,25?/m0/s1. The molecule has 0 radical (unpaired) electrons. The first kappa shape index (κ1) is 27.5. The zero-order valence-corrected chi connectivity index (χ0v) is 20.9. The van der Waals surface area contributed by atoms with E-state index in [0.717, 1.165) is 4.90 Å². The molecule has 0 aromatic heterocycles. The monoisotopic (exact) mass is 483 g/mol. The van der Waals surface area contributed by atoms with Gasteiger partial charge in [0.25, 0.3) is 11.8 Å². The minimum Gasteiger partial charge on any atom is -0.458 e. The molecule has 2 rings (SSSR count). The number of imide groups is 1. The summed E-state index contributed by atoms with van der Waals surface area (Å²) in [6.07, 6.45) is 0.461. The summed E-state index contributed by atoms with van der Waals surface area (Å²) in [5.74, 6) is -2.34. The molecular formula is C25H33N5O5. The molecule has 2 atom stereocenters. The van der Waals surface area contributed by atoms with E-state index in [1.54, 1.807) is 39.8 Å². The van der Waals surface area contributed by atoms with Crippen molar-refractivity contribution in [3.05, 3.63) is 35.4 Å². The van der Waals surface area contributed by atoms with Crippen LogP contribution in [0.2, 0.25) is 0 Å². The summed E-state index contributed by atoms with van der Waals surface area (Å²) in [7, 11) is 0. The Hall–Kier alpha value is -3.74. The molecule has 0 bridgehead atoms. The fourth-order valence-corrected chi connectivity index (χ4v) is 3.85. The Kier molecular flexibility index (Phi) is 8.74. The molecule has 0 aliphatic carbocycles. The zero-order valence-electron chi connectivity index (χ0n) is 20.9. The molecular weight excluding hydrogens is 450 g/mol. The Bertz CT molecular complexity index is 1030. The van der Waals surface area contributed by atoms with E-state index in [2.05, 4.69) is 10.3 Å². The van der Waals surface area contributed by atoms with Crippen LogP contribution in [0.1, 0.15) is 81.0 Å². The Labute approximate surface area is 205 Å². The molecule has 35 heavy (non-hydrogen) atoms. The van der Waals surface area contributed by atoms with Gasteiger partial charge in [-0.2, -0.15) is 5.26 Å². The van der Waals surface area contributed by atoms with E-state index in [0.29, 0.717) is 25.2 Å². The summed E-state index contributed by atoms with van der Waals surface area (Å²) < 4.78 is 5.33. The second-order valence-electron chi connectivity index (χ2n) is 9.57. The number of hydrogen-bond donors (Lipinski definition) is 2. The molecule has 1 aliphatic heterocycles. The van der Waals surface area contributed by atoms with E-state index in [9.17, 15) is 24.4 Å². The lowest BCUT2D eigenvalue weighted by atomic mass is 9.85. The van der Waals surface area contributed by atoms with Crippen LogP contribution in [-0.2, 0) is 14.3 Å². The highest BCUT2D eigenvalue weighted by Crippen LogP contribution is 2.35. The van der Waals surface area contributed by atoms with Gasteiger partial charge >= 0.3 is 5.97 Å². The smallest absolute Gasteiger partial charge is 0.328 e. The van der Waals surface area contributed by atoms with Crippen molar-refractivity contribution in [3.8, 4) is 6.07 Å². The quantitative estimate of drug-likeness (QED) is 0.170. The maximum absolute atomic E-state index is 13.7. The molecule has 1 unspecified atom stereocenters. The van der Waals surface area contributed by atoms with Gasteiger partial charge in [-0.05, 0) is 66.0 Å². The van der Waals surface area contributed by atoms with Crippen LogP contribution < -0.4 is 11.1 Å². The molecule has 1 aromatic rings. The second-order valence-corrected chi connectivity index (χ2v) is 9.57. The first-order chi connectivity index (χ1) is 16.3. The van der Waals surface area contributed by atoms with Gasteiger partial charge in [0.05, 0.1) is 29.5 Å². The second kappa shape index (κ2) is 11.1. The van der Waals surface area contributed by atoms with Gasteiger partial charge in [0, 0.05) is 6.54 Å². The first-order valence-corrected chi connectivity index (χ1v) is 11.5. The summed E-state index contributed by atoms with van der Waals surface area (Å²) in [6.45, 7) is 8.59. The van der Waals surface area contributed by atoms with E-state index in [4.69, 9.17) is 10.5 Å². The number of amides is 3. The number of nitriles is 1. The molecule has 1 aliphatic rings. The Balaban J connectivity index is 2.42. The number of nitrogens with zero attached hydrogens (tertiary/aromatic N) is 3. The number of esters is 1. The Morgan fingerprint density at radius 2 is 1.74 bits per heavy atom. The van der Waals surface area contributed by atoms with Crippen molar-refractivity contribution in [1.82, 2.24) is 10.2 Å². The van der Waals surface area contributed by atoms with E-state index in [-0.39, 0.29) is 17.5 Å².